The molecule has 3 unspecified atom stereocenters. The topological polar surface area (TPSA) is 237 Å². The molecule has 0 aromatic heterocycles. The third-order valence-electron chi connectivity index (χ3n) is 19.2. The maximum Gasteiger partial charge on any atom is 0.472 e. The number of unbranched alkanes of at least 4 members (excludes halogenated alkanes) is 43. The van der Waals surface area contributed by atoms with E-state index in [1.165, 1.54) is 212 Å². The zero-order valence-corrected chi connectivity index (χ0v) is 67.6. The number of phosphoric ester groups is 2. The van der Waals surface area contributed by atoms with Gasteiger partial charge in [0.1, 0.15) is 19.3 Å². The number of carbonyl (C=O) groups excluding carboxylic acids is 4. The van der Waals surface area contributed by atoms with Gasteiger partial charge in [-0.2, -0.15) is 0 Å². The average molecular weight is 1470 g/mol. The third-order valence-corrected chi connectivity index (χ3v) is 21.1. The Labute approximate surface area is 613 Å². The van der Waals surface area contributed by atoms with Gasteiger partial charge in [0.15, 0.2) is 12.2 Å². The van der Waals surface area contributed by atoms with E-state index in [1.807, 2.05) is 0 Å². The van der Waals surface area contributed by atoms with Crippen LogP contribution in [0.25, 0.3) is 0 Å². The number of hydrogen-bond acceptors (Lipinski definition) is 15. The first-order valence-corrected chi connectivity index (χ1v) is 44.7. The summed E-state index contributed by atoms with van der Waals surface area (Å²) in [5, 5.41) is 10.6. The number of esters is 4. The molecule has 0 aliphatic rings. The zero-order valence-electron chi connectivity index (χ0n) is 65.8. The van der Waals surface area contributed by atoms with Gasteiger partial charge in [0, 0.05) is 25.7 Å². The van der Waals surface area contributed by atoms with Crippen LogP contribution in [-0.2, 0) is 65.4 Å². The molecular formula is C81H158O17P2. The summed E-state index contributed by atoms with van der Waals surface area (Å²) in [6, 6.07) is 0. The standard InChI is InChI=1S/C81H158O17P2/c1-9-74(8)60-52-44-39-40-46-54-62-79(84)92-68-77(98-81(86)63-55-47-37-31-25-18-12-10-11-15-21-27-33-41-49-57-71(2)3)70-96-100(89,90)94-66-75(82)65-93-99(87,88)95-69-76(97-80(85)64-56-48-38-32-26-20-19-23-29-35-43-51-59-73(6)7)67-91-78(83)61-53-45-36-30-24-17-14-13-16-22-28-34-42-50-58-72(4)5/h71-77,82H,9-70H2,1-8H3,(H,87,88)(H,89,90)/t74?,75-,76-,77-/m1/s1. The van der Waals surface area contributed by atoms with Crippen molar-refractivity contribution in [1.82, 2.24) is 0 Å². The minimum Gasteiger partial charge on any atom is -0.462 e. The van der Waals surface area contributed by atoms with E-state index in [0.717, 1.165) is 120 Å². The molecular weight excluding hydrogens is 1310 g/mol. The molecule has 0 aliphatic carbocycles. The highest BCUT2D eigenvalue weighted by molar-refractivity contribution is 7.47. The first kappa shape index (κ1) is 98.1. The van der Waals surface area contributed by atoms with Gasteiger partial charge in [-0.15, -0.1) is 0 Å². The molecule has 594 valence electrons. The fraction of sp³-hybridized carbons (Fsp3) is 0.951. The van der Waals surface area contributed by atoms with Gasteiger partial charge in [-0.3, -0.25) is 37.3 Å². The molecule has 0 aromatic carbocycles. The number of phosphoric acid groups is 2. The second-order valence-electron chi connectivity index (χ2n) is 30.8. The molecule has 0 radical (unpaired) electrons. The van der Waals surface area contributed by atoms with E-state index < -0.39 is 97.5 Å². The van der Waals surface area contributed by atoms with Crippen molar-refractivity contribution in [2.24, 2.45) is 23.7 Å². The Morgan fingerprint density at radius 2 is 0.480 bits per heavy atom. The molecule has 0 aliphatic heterocycles. The highest BCUT2D eigenvalue weighted by Gasteiger charge is 2.30. The van der Waals surface area contributed by atoms with Gasteiger partial charge in [-0.05, 0) is 49.4 Å². The summed E-state index contributed by atoms with van der Waals surface area (Å²) in [5.41, 5.74) is 0. The SMILES string of the molecule is CCC(C)CCCCCCCCC(=O)OC[C@H](COP(=O)(O)OC[C@H](O)COP(=O)(O)OC[C@@H](COC(=O)CCCCCCCCCCCCCCCCC(C)C)OC(=O)CCCCCCCCCCCCCCC(C)C)OC(=O)CCCCCCCCCCCCCCCCCC(C)C. The maximum atomic E-state index is 13.1. The largest absolute Gasteiger partial charge is 0.472 e. The molecule has 100 heavy (non-hydrogen) atoms. The molecule has 0 saturated heterocycles. The average Bonchev–Trinajstić information content (AvgIpc) is 0.935. The molecule has 0 rings (SSSR count). The summed E-state index contributed by atoms with van der Waals surface area (Å²) in [4.78, 5) is 73.0. The van der Waals surface area contributed by atoms with Crippen LogP contribution in [0.4, 0.5) is 0 Å². The van der Waals surface area contributed by atoms with Gasteiger partial charge in [-0.1, -0.05) is 364 Å². The van der Waals surface area contributed by atoms with E-state index in [4.69, 9.17) is 37.0 Å². The molecule has 0 bridgehead atoms. The van der Waals surface area contributed by atoms with Gasteiger partial charge >= 0.3 is 39.5 Å². The van der Waals surface area contributed by atoms with E-state index in [1.54, 1.807) is 0 Å². The second kappa shape index (κ2) is 70.1. The van der Waals surface area contributed by atoms with Crippen LogP contribution in [0.5, 0.6) is 0 Å². The van der Waals surface area contributed by atoms with E-state index in [0.29, 0.717) is 25.7 Å². The van der Waals surface area contributed by atoms with Crippen LogP contribution >= 0.6 is 15.6 Å². The van der Waals surface area contributed by atoms with Crippen molar-refractivity contribution >= 4 is 39.5 Å². The van der Waals surface area contributed by atoms with Crippen molar-refractivity contribution in [3.05, 3.63) is 0 Å². The van der Waals surface area contributed by atoms with Crippen molar-refractivity contribution in [3.63, 3.8) is 0 Å². The molecule has 0 spiro atoms. The molecule has 0 amide bonds. The van der Waals surface area contributed by atoms with Gasteiger partial charge in [0.05, 0.1) is 26.4 Å². The number of carbonyl (C=O) groups is 4. The minimum atomic E-state index is -4.96. The third kappa shape index (κ3) is 73.0. The highest BCUT2D eigenvalue weighted by atomic mass is 31.2. The summed E-state index contributed by atoms with van der Waals surface area (Å²) < 4.78 is 68.7. The number of ether oxygens (including phenoxy) is 4. The summed E-state index contributed by atoms with van der Waals surface area (Å²) in [6.45, 7) is 14.3. The number of rotatable bonds is 78. The van der Waals surface area contributed by atoms with Crippen molar-refractivity contribution in [2.45, 2.75) is 433 Å². The van der Waals surface area contributed by atoms with Crippen LogP contribution in [0, 0.1) is 23.7 Å². The van der Waals surface area contributed by atoms with Gasteiger partial charge in [-0.25, -0.2) is 9.13 Å². The molecule has 0 fully saturated rings. The Morgan fingerprint density at radius 1 is 0.280 bits per heavy atom. The predicted molar refractivity (Wildman–Crippen MR) is 409 cm³/mol. The predicted octanol–water partition coefficient (Wildman–Crippen LogP) is 24.0. The highest BCUT2D eigenvalue weighted by Crippen LogP contribution is 2.45. The van der Waals surface area contributed by atoms with Crippen LogP contribution in [0.15, 0.2) is 0 Å². The molecule has 17 nitrogen and oxygen atoms in total. The van der Waals surface area contributed by atoms with E-state index in [-0.39, 0.29) is 25.7 Å². The zero-order chi connectivity index (χ0) is 73.8. The Balaban J connectivity index is 5.24. The van der Waals surface area contributed by atoms with Crippen LogP contribution in [0.2, 0.25) is 0 Å². The van der Waals surface area contributed by atoms with Gasteiger partial charge in [0.25, 0.3) is 0 Å². The lowest BCUT2D eigenvalue weighted by atomic mass is 10.00. The quantitative estimate of drug-likeness (QED) is 0.0222. The Hall–Kier alpha value is -1.94. The Morgan fingerprint density at radius 3 is 0.710 bits per heavy atom. The van der Waals surface area contributed by atoms with Crippen LogP contribution in [0.3, 0.4) is 0 Å². The molecule has 0 aromatic rings. The fourth-order valence-electron chi connectivity index (χ4n) is 12.4. The lowest BCUT2D eigenvalue weighted by molar-refractivity contribution is -0.161. The first-order valence-electron chi connectivity index (χ1n) is 41.7. The monoisotopic (exact) mass is 1470 g/mol. The Kier molecular flexibility index (Phi) is 68.7. The Bertz CT molecular complexity index is 1960. The van der Waals surface area contributed by atoms with Crippen LogP contribution in [-0.4, -0.2) is 96.7 Å². The van der Waals surface area contributed by atoms with Crippen LogP contribution < -0.4 is 0 Å². The van der Waals surface area contributed by atoms with Crippen LogP contribution in [0.1, 0.15) is 415 Å². The second-order valence-corrected chi connectivity index (χ2v) is 33.7. The van der Waals surface area contributed by atoms with Gasteiger partial charge in [0.2, 0.25) is 0 Å². The lowest BCUT2D eigenvalue weighted by Gasteiger charge is -2.21. The number of aliphatic hydroxyl groups is 1. The first-order chi connectivity index (χ1) is 48.1. The number of aliphatic hydroxyl groups excluding tert-OH is 1. The van der Waals surface area contributed by atoms with Crippen molar-refractivity contribution in [1.29, 1.82) is 0 Å². The molecule has 3 N–H and O–H groups in total. The summed E-state index contributed by atoms with van der Waals surface area (Å²) in [5.74, 6) is 0.995. The van der Waals surface area contributed by atoms with E-state index in [9.17, 15) is 43.2 Å². The minimum absolute atomic E-state index is 0.107. The lowest BCUT2D eigenvalue weighted by Crippen LogP contribution is -2.30. The van der Waals surface area contributed by atoms with Gasteiger partial charge < -0.3 is 33.8 Å². The maximum absolute atomic E-state index is 13.1. The van der Waals surface area contributed by atoms with E-state index >= 15 is 0 Å². The summed E-state index contributed by atoms with van der Waals surface area (Å²) in [7, 11) is -9.92. The summed E-state index contributed by atoms with van der Waals surface area (Å²) in [6.07, 6.45) is 56.9. The van der Waals surface area contributed by atoms with E-state index in [2.05, 4.69) is 55.4 Å². The molecule has 0 heterocycles. The van der Waals surface area contributed by atoms with Crippen molar-refractivity contribution in [2.75, 3.05) is 39.6 Å². The smallest absolute Gasteiger partial charge is 0.462 e. The molecule has 6 atom stereocenters. The summed E-state index contributed by atoms with van der Waals surface area (Å²) >= 11 is 0. The fourth-order valence-corrected chi connectivity index (χ4v) is 14.0. The van der Waals surface area contributed by atoms with Crippen molar-refractivity contribution < 1.29 is 80.2 Å². The number of hydrogen-bond donors (Lipinski definition) is 3. The van der Waals surface area contributed by atoms with Crippen molar-refractivity contribution in [3.8, 4) is 0 Å². The molecule has 19 heteroatoms. The molecule has 0 saturated carbocycles. The normalized spacial score (nSPS) is 14.3.